The number of piperazine rings is 1. The minimum Gasteiger partial charge on any atom is -0.451 e. The standard InChI is InChI=1S/C24H26ClN3O3/c1-15-5-4-6-16(2)22(15)26-21(29)14-27-9-11-28(12-10-27)24(30)23-17(3)19-13-18(25)7-8-20(19)31-23/h4-8,13H,9-12,14H2,1-3H3,(H,26,29). The van der Waals surface area contributed by atoms with Crippen molar-refractivity contribution < 1.29 is 14.0 Å². The zero-order valence-corrected chi connectivity index (χ0v) is 18.8. The molecule has 31 heavy (non-hydrogen) atoms. The molecule has 1 aliphatic heterocycles. The van der Waals surface area contributed by atoms with Crippen LogP contribution in [0, 0.1) is 20.8 Å². The summed E-state index contributed by atoms with van der Waals surface area (Å²) < 4.78 is 5.82. The first-order chi connectivity index (χ1) is 14.8. The molecule has 1 aliphatic rings. The zero-order chi connectivity index (χ0) is 22.1. The van der Waals surface area contributed by atoms with Crippen LogP contribution in [0.3, 0.4) is 0 Å². The van der Waals surface area contributed by atoms with E-state index >= 15 is 0 Å². The summed E-state index contributed by atoms with van der Waals surface area (Å²) in [4.78, 5) is 29.4. The molecule has 1 aromatic heterocycles. The van der Waals surface area contributed by atoms with Crippen molar-refractivity contribution in [2.75, 3.05) is 38.0 Å². The lowest BCUT2D eigenvalue weighted by atomic mass is 10.1. The van der Waals surface area contributed by atoms with E-state index in [-0.39, 0.29) is 11.8 Å². The van der Waals surface area contributed by atoms with Crippen LogP contribution in [0.1, 0.15) is 27.2 Å². The molecule has 2 aromatic carbocycles. The van der Waals surface area contributed by atoms with Gasteiger partial charge in [-0.15, -0.1) is 0 Å². The molecule has 1 fully saturated rings. The Bertz CT molecular complexity index is 1130. The Balaban J connectivity index is 1.36. The molecule has 3 aromatic rings. The minimum atomic E-state index is -0.121. The Morgan fingerprint density at radius 2 is 1.71 bits per heavy atom. The molecular weight excluding hydrogens is 414 g/mol. The lowest BCUT2D eigenvalue weighted by Crippen LogP contribution is -2.50. The number of fused-ring (bicyclic) bond motifs is 1. The molecular formula is C24H26ClN3O3. The van der Waals surface area contributed by atoms with Crippen molar-refractivity contribution in [3.05, 3.63) is 63.9 Å². The van der Waals surface area contributed by atoms with Gasteiger partial charge in [0.2, 0.25) is 5.91 Å². The van der Waals surface area contributed by atoms with Gasteiger partial charge in [-0.25, -0.2) is 0 Å². The van der Waals surface area contributed by atoms with Crippen LogP contribution in [0.15, 0.2) is 40.8 Å². The number of aryl methyl sites for hydroxylation is 3. The van der Waals surface area contributed by atoms with Crippen LogP contribution < -0.4 is 5.32 Å². The third-order valence-corrected chi connectivity index (χ3v) is 6.10. The molecule has 1 N–H and O–H groups in total. The smallest absolute Gasteiger partial charge is 0.289 e. The van der Waals surface area contributed by atoms with Gasteiger partial charge in [-0.2, -0.15) is 0 Å². The van der Waals surface area contributed by atoms with E-state index < -0.39 is 0 Å². The van der Waals surface area contributed by atoms with Gasteiger partial charge < -0.3 is 14.6 Å². The maximum atomic E-state index is 13.0. The molecule has 2 amide bonds. The first-order valence-corrected chi connectivity index (χ1v) is 10.8. The summed E-state index contributed by atoms with van der Waals surface area (Å²) >= 11 is 6.08. The summed E-state index contributed by atoms with van der Waals surface area (Å²) in [6, 6.07) is 11.3. The highest BCUT2D eigenvalue weighted by Gasteiger charge is 2.27. The second-order valence-electron chi connectivity index (χ2n) is 8.08. The van der Waals surface area contributed by atoms with Gasteiger partial charge in [0.1, 0.15) is 5.58 Å². The highest BCUT2D eigenvalue weighted by molar-refractivity contribution is 6.31. The summed E-state index contributed by atoms with van der Waals surface area (Å²) in [7, 11) is 0. The van der Waals surface area contributed by atoms with E-state index in [1.54, 1.807) is 17.0 Å². The van der Waals surface area contributed by atoms with Crippen molar-refractivity contribution >= 4 is 40.1 Å². The van der Waals surface area contributed by atoms with E-state index in [9.17, 15) is 9.59 Å². The van der Waals surface area contributed by atoms with Crippen LogP contribution in [-0.2, 0) is 4.79 Å². The molecule has 0 spiro atoms. The fraction of sp³-hybridized carbons (Fsp3) is 0.333. The number of hydrogen-bond acceptors (Lipinski definition) is 4. The van der Waals surface area contributed by atoms with Gasteiger partial charge >= 0.3 is 0 Å². The molecule has 162 valence electrons. The Labute approximate surface area is 186 Å². The van der Waals surface area contributed by atoms with Crippen LogP contribution in [-0.4, -0.2) is 54.3 Å². The van der Waals surface area contributed by atoms with E-state index in [1.165, 1.54) is 0 Å². The van der Waals surface area contributed by atoms with E-state index in [4.69, 9.17) is 16.0 Å². The minimum absolute atomic E-state index is 0.0396. The van der Waals surface area contributed by atoms with Crippen LogP contribution in [0.5, 0.6) is 0 Å². The number of hydrogen-bond donors (Lipinski definition) is 1. The predicted octanol–water partition coefficient (Wildman–Crippen LogP) is 4.41. The van der Waals surface area contributed by atoms with E-state index in [0.29, 0.717) is 49.1 Å². The first kappa shape index (κ1) is 21.4. The van der Waals surface area contributed by atoms with Crippen LogP contribution in [0.4, 0.5) is 5.69 Å². The highest BCUT2D eigenvalue weighted by atomic mass is 35.5. The van der Waals surface area contributed by atoms with Crippen molar-refractivity contribution in [1.82, 2.24) is 9.80 Å². The third kappa shape index (κ3) is 4.45. The van der Waals surface area contributed by atoms with Crippen molar-refractivity contribution in [3.63, 3.8) is 0 Å². The van der Waals surface area contributed by atoms with Crippen molar-refractivity contribution in [1.29, 1.82) is 0 Å². The van der Waals surface area contributed by atoms with Crippen LogP contribution in [0.25, 0.3) is 11.0 Å². The van der Waals surface area contributed by atoms with E-state index in [2.05, 4.69) is 10.2 Å². The normalized spacial score (nSPS) is 14.8. The number of para-hydroxylation sites is 1. The number of nitrogens with zero attached hydrogens (tertiary/aromatic N) is 2. The summed E-state index contributed by atoms with van der Waals surface area (Å²) in [5.41, 5.74) is 4.43. The lowest BCUT2D eigenvalue weighted by molar-refractivity contribution is -0.117. The first-order valence-electron chi connectivity index (χ1n) is 10.4. The number of carbonyl (C=O) groups excluding carboxylic acids is 2. The average Bonchev–Trinajstić information content (AvgIpc) is 3.07. The topological polar surface area (TPSA) is 65.8 Å². The van der Waals surface area contributed by atoms with Gasteiger partial charge in [0.15, 0.2) is 5.76 Å². The molecule has 6 nitrogen and oxygen atoms in total. The molecule has 0 unspecified atom stereocenters. The molecule has 4 rings (SSSR count). The number of amides is 2. The molecule has 0 bridgehead atoms. The van der Waals surface area contributed by atoms with Gasteiger partial charge in [0.25, 0.3) is 5.91 Å². The number of anilines is 1. The number of benzene rings is 2. The fourth-order valence-electron chi connectivity index (χ4n) is 4.04. The lowest BCUT2D eigenvalue weighted by Gasteiger charge is -2.34. The van der Waals surface area contributed by atoms with E-state index in [0.717, 1.165) is 27.8 Å². The number of carbonyl (C=O) groups is 2. The SMILES string of the molecule is Cc1cccc(C)c1NC(=O)CN1CCN(C(=O)c2oc3ccc(Cl)cc3c2C)CC1. The molecule has 0 atom stereocenters. The van der Waals surface area contributed by atoms with Gasteiger partial charge in [0.05, 0.1) is 6.54 Å². The molecule has 0 saturated carbocycles. The number of nitrogens with one attached hydrogen (secondary N) is 1. The molecule has 1 saturated heterocycles. The number of rotatable bonds is 4. The molecule has 0 radical (unpaired) electrons. The summed E-state index contributed by atoms with van der Waals surface area (Å²) in [6.45, 7) is 8.52. The Hall–Kier alpha value is -2.83. The number of halogens is 1. The van der Waals surface area contributed by atoms with Crippen LogP contribution >= 0.6 is 11.6 Å². The van der Waals surface area contributed by atoms with Gasteiger partial charge in [-0.1, -0.05) is 29.8 Å². The van der Waals surface area contributed by atoms with Crippen molar-refractivity contribution in [3.8, 4) is 0 Å². The maximum absolute atomic E-state index is 13.0. The van der Waals surface area contributed by atoms with Crippen molar-refractivity contribution in [2.24, 2.45) is 0 Å². The summed E-state index contributed by atoms with van der Waals surface area (Å²) in [5, 5.41) is 4.50. The van der Waals surface area contributed by atoms with Crippen molar-refractivity contribution in [2.45, 2.75) is 20.8 Å². The second kappa shape index (κ2) is 8.73. The van der Waals surface area contributed by atoms with Gasteiger partial charge in [0, 0.05) is 47.8 Å². The zero-order valence-electron chi connectivity index (χ0n) is 18.0. The largest absolute Gasteiger partial charge is 0.451 e. The average molecular weight is 440 g/mol. The summed E-state index contributed by atoms with van der Waals surface area (Å²) in [5.74, 6) is 0.199. The Morgan fingerprint density at radius 3 is 2.39 bits per heavy atom. The molecule has 7 heteroatoms. The molecule has 2 heterocycles. The monoisotopic (exact) mass is 439 g/mol. The quantitative estimate of drug-likeness (QED) is 0.654. The maximum Gasteiger partial charge on any atom is 0.289 e. The van der Waals surface area contributed by atoms with Gasteiger partial charge in [-0.3, -0.25) is 14.5 Å². The highest BCUT2D eigenvalue weighted by Crippen LogP contribution is 2.29. The summed E-state index contributed by atoms with van der Waals surface area (Å²) in [6.07, 6.45) is 0. The third-order valence-electron chi connectivity index (χ3n) is 5.86. The number of furan rings is 1. The molecule has 0 aliphatic carbocycles. The van der Waals surface area contributed by atoms with E-state index in [1.807, 2.05) is 45.0 Å². The Kier molecular flexibility index (Phi) is 6.03. The fourth-order valence-corrected chi connectivity index (χ4v) is 4.22. The van der Waals surface area contributed by atoms with Crippen LogP contribution in [0.2, 0.25) is 5.02 Å². The second-order valence-corrected chi connectivity index (χ2v) is 8.52. The predicted molar refractivity (Wildman–Crippen MR) is 123 cm³/mol. The van der Waals surface area contributed by atoms with Gasteiger partial charge in [-0.05, 0) is 50.1 Å². The Morgan fingerprint density at radius 1 is 1.03 bits per heavy atom.